The predicted octanol–water partition coefficient (Wildman–Crippen LogP) is 2.13. The zero-order chi connectivity index (χ0) is 13.2. The first kappa shape index (κ1) is 12.4. The van der Waals surface area contributed by atoms with Crippen molar-refractivity contribution in [3.05, 3.63) is 30.0 Å². The number of likely N-dealkylation sites (N-methyl/N-ethyl adjacent to an activating group) is 1. The Hall–Kier alpha value is -1.68. The molecule has 1 unspecified atom stereocenters. The van der Waals surface area contributed by atoms with E-state index in [0.29, 0.717) is 6.04 Å². The van der Waals surface area contributed by atoms with Gasteiger partial charge in [0.1, 0.15) is 0 Å². The molecular formula is C15H20N4. The summed E-state index contributed by atoms with van der Waals surface area (Å²) in [6.45, 7) is 4.17. The van der Waals surface area contributed by atoms with E-state index in [1.807, 2.05) is 31.2 Å². The zero-order valence-electron chi connectivity index (χ0n) is 11.6. The highest BCUT2D eigenvalue weighted by molar-refractivity contribution is 5.76. The maximum Gasteiger partial charge on any atom is 0.150 e. The summed E-state index contributed by atoms with van der Waals surface area (Å²) in [7, 11) is 2.10. The average molecular weight is 256 g/mol. The molecule has 1 N–H and O–H groups in total. The number of rotatable bonds is 3. The van der Waals surface area contributed by atoms with Crippen LogP contribution in [0.5, 0.6) is 0 Å². The molecule has 100 valence electrons. The minimum atomic E-state index is 0.581. The zero-order valence-corrected chi connectivity index (χ0v) is 11.6. The highest BCUT2D eigenvalue weighted by atomic mass is 15.2. The minimum absolute atomic E-state index is 0.581. The van der Waals surface area contributed by atoms with Crippen LogP contribution in [-0.2, 0) is 0 Å². The SMILES string of the molecule is Cc1nc2ccccc2nc1N(C)CC1CCCN1. The Morgan fingerprint density at radius 1 is 1.26 bits per heavy atom. The summed E-state index contributed by atoms with van der Waals surface area (Å²) in [5, 5.41) is 3.52. The second-order valence-corrected chi connectivity index (χ2v) is 5.30. The molecule has 4 nitrogen and oxygen atoms in total. The molecule has 1 fully saturated rings. The summed E-state index contributed by atoms with van der Waals surface area (Å²) in [4.78, 5) is 11.6. The summed E-state index contributed by atoms with van der Waals surface area (Å²) >= 11 is 0. The Labute approximate surface area is 113 Å². The number of benzene rings is 1. The van der Waals surface area contributed by atoms with Crippen molar-refractivity contribution in [1.29, 1.82) is 0 Å². The monoisotopic (exact) mass is 256 g/mol. The Kier molecular flexibility index (Phi) is 3.34. The van der Waals surface area contributed by atoms with Gasteiger partial charge in [-0.15, -0.1) is 0 Å². The molecule has 19 heavy (non-hydrogen) atoms. The van der Waals surface area contributed by atoms with E-state index in [1.54, 1.807) is 0 Å². The quantitative estimate of drug-likeness (QED) is 0.913. The standard InChI is InChI=1S/C15H20N4/c1-11-15(19(2)10-12-6-5-9-16-12)18-14-8-4-3-7-13(14)17-11/h3-4,7-8,12,16H,5-6,9-10H2,1-2H3. The van der Waals surface area contributed by atoms with Gasteiger partial charge in [0.2, 0.25) is 0 Å². The molecule has 0 aliphatic carbocycles. The van der Waals surface area contributed by atoms with E-state index in [1.165, 1.54) is 12.8 Å². The number of anilines is 1. The molecule has 1 aromatic carbocycles. The van der Waals surface area contributed by atoms with Crippen molar-refractivity contribution in [2.24, 2.45) is 0 Å². The van der Waals surface area contributed by atoms with Gasteiger partial charge >= 0.3 is 0 Å². The van der Waals surface area contributed by atoms with Crippen LogP contribution in [0.2, 0.25) is 0 Å². The van der Waals surface area contributed by atoms with Crippen LogP contribution in [0.1, 0.15) is 18.5 Å². The van der Waals surface area contributed by atoms with E-state index in [-0.39, 0.29) is 0 Å². The number of aryl methyl sites for hydroxylation is 1. The van der Waals surface area contributed by atoms with Crippen LogP contribution < -0.4 is 10.2 Å². The Bertz CT molecular complexity index is 575. The van der Waals surface area contributed by atoms with Gasteiger partial charge in [0.05, 0.1) is 16.7 Å². The Balaban J connectivity index is 1.88. The molecule has 2 heterocycles. The molecule has 4 heteroatoms. The first-order chi connectivity index (χ1) is 9.24. The lowest BCUT2D eigenvalue weighted by Crippen LogP contribution is -2.36. The number of nitrogens with zero attached hydrogens (tertiary/aromatic N) is 3. The molecule has 1 aromatic heterocycles. The lowest BCUT2D eigenvalue weighted by Gasteiger charge is -2.23. The molecule has 0 saturated carbocycles. The molecule has 1 atom stereocenters. The van der Waals surface area contributed by atoms with Crippen molar-refractivity contribution in [3.8, 4) is 0 Å². The van der Waals surface area contributed by atoms with Crippen LogP contribution in [0.25, 0.3) is 11.0 Å². The van der Waals surface area contributed by atoms with E-state index in [0.717, 1.165) is 35.6 Å². The van der Waals surface area contributed by atoms with Crippen molar-refractivity contribution < 1.29 is 0 Å². The summed E-state index contributed by atoms with van der Waals surface area (Å²) in [6.07, 6.45) is 2.53. The van der Waals surface area contributed by atoms with Gasteiger partial charge in [-0.1, -0.05) is 12.1 Å². The van der Waals surface area contributed by atoms with E-state index in [4.69, 9.17) is 4.98 Å². The summed E-state index contributed by atoms with van der Waals surface area (Å²) in [5.74, 6) is 0.993. The summed E-state index contributed by atoms with van der Waals surface area (Å²) < 4.78 is 0. The fourth-order valence-corrected chi connectivity index (χ4v) is 2.77. The molecule has 1 aliphatic rings. The van der Waals surface area contributed by atoms with Gasteiger partial charge in [-0.05, 0) is 38.4 Å². The third-order valence-corrected chi connectivity index (χ3v) is 3.74. The molecule has 2 aromatic rings. The van der Waals surface area contributed by atoms with E-state index < -0.39 is 0 Å². The first-order valence-corrected chi connectivity index (χ1v) is 6.92. The van der Waals surface area contributed by atoms with Gasteiger partial charge < -0.3 is 10.2 Å². The van der Waals surface area contributed by atoms with Gasteiger partial charge in [-0.3, -0.25) is 0 Å². The second kappa shape index (κ2) is 5.13. The van der Waals surface area contributed by atoms with Gasteiger partial charge in [-0.2, -0.15) is 0 Å². The third-order valence-electron chi connectivity index (χ3n) is 3.74. The summed E-state index contributed by atoms with van der Waals surface area (Å²) in [6, 6.07) is 8.62. The molecule has 1 aliphatic heterocycles. The number of hydrogen-bond acceptors (Lipinski definition) is 4. The second-order valence-electron chi connectivity index (χ2n) is 5.30. The van der Waals surface area contributed by atoms with Gasteiger partial charge in [0, 0.05) is 19.6 Å². The fraction of sp³-hybridized carbons (Fsp3) is 0.467. The molecule has 0 radical (unpaired) electrons. The largest absolute Gasteiger partial charge is 0.357 e. The Morgan fingerprint density at radius 3 is 2.68 bits per heavy atom. The first-order valence-electron chi connectivity index (χ1n) is 6.92. The maximum absolute atomic E-state index is 4.75. The highest BCUT2D eigenvalue weighted by Crippen LogP contribution is 2.20. The fourth-order valence-electron chi connectivity index (χ4n) is 2.77. The number of para-hydroxylation sites is 2. The molecule has 3 rings (SSSR count). The average Bonchev–Trinajstić information content (AvgIpc) is 2.90. The number of nitrogens with one attached hydrogen (secondary N) is 1. The highest BCUT2D eigenvalue weighted by Gasteiger charge is 2.18. The number of aromatic nitrogens is 2. The lowest BCUT2D eigenvalue weighted by atomic mass is 10.2. The molecular weight excluding hydrogens is 236 g/mol. The van der Waals surface area contributed by atoms with Crippen molar-refractivity contribution in [2.75, 3.05) is 25.0 Å². The van der Waals surface area contributed by atoms with Gasteiger partial charge in [-0.25, -0.2) is 9.97 Å². The van der Waals surface area contributed by atoms with E-state index in [2.05, 4.69) is 22.2 Å². The lowest BCUT2D eigenvalue weighted by molar-refractivity contribution is 0.596. The van der Waals surface area contributed by atoms with Crippen LogP contribution >= 0.6 is 0 Å². The smallest absolute Gasteiger partial charge is 0.150 e. The maximum atomic E-state index is 4.75. The number of fused-ring (bicyclic) bond motifs is 1. The minimum Gasteiger partial charge on any atom is -0.357 e. The topological polar surface area (TPSA) is 41.1 Å². The third kappa shape index (κ3) is 2.54. The van der Waals surface area contributed by atoms with Gasteiger partial charge in [0.25, 0.3) is 0 Å². The van der Waals surface area contributed by atoms with Crippen LogP contribution in [0.4, 0.5) is 5.82 Å². The van der Waals surface area contributed by atoms with Crippen molar-refractivity contribution >= 4 is 16.9 Å². The van der Waals surface area contributed by atoms with Crippen LogP contribution in [0.15, 0.2) is 24.3 Å². The van der Waals surface area contributed by atoms with Crippen molar-refractivity contribution in [3.63, 3.8) is 0 Å². The van der Waals surface area contributed by atoms with Crippen LogP contribution in [0, 0.1) is 6.92 Å². The van der Waals surface area contributed by atoms with E-state index in [9.17, 15) is 0 Å². The normalized spacial score (nSPS) is 18.9. The van der Waals surface area contributed by atoms with Crippen LogP contribution in [-0.4, -0.2) is 36.1 Å². The molecule has 1 saturated heterocycles. The van der Waals surface area contributed by atoms with Crippen LogP contribution in [0.3, 0.4) is 0 Å². The van der Waals surface area contributed by atoms with Crippen molar-refractivity contribution in [2.45, 2.75) is 25.8 Å². The van der Waals surface area contributed by atoms with Gasteiger partial charge in [0.15, 0.2) is 5.82 Å². The van der Waals surface area contributed by atoms with E-state index >= 15 is 0 Å². The molecule has 0 bridgehead atoms. The van der Waals surface area contributed by atoms with Crippen molar-refractivity contribution in [1.82, 2.24) is 15.3 Å². The Morgan fingerprint density at radius 2 is 2.00 bits per heavy atom. The number of hydrogen-bond donors (Lipinski definition) is 1. The molecule has 0 amide bonds. The molecule has 0 spiro atoms. The predicted molar refractivity (Wildman–Crippen MR) is 78.6 cm³/mol. The summed E-state index contributed by atoms with van der Waals surface area (Å²) in [5.41, 5.74) is 2.93.